The zero-order valence-corrected chi connectivity index (χ0v) is 16.2. The van der Waals surface area contributed by atoms with E-state index in [0.29, 0.717) is 17.9 Å². The number of anilines is 1. The molecule has 0 atom stereocenters. The number of halogens is 4. The van der Waals surface area contributed by atoms with Crippen LogP contribution in [0.15, 0.2) is 42.6 Å². The number of aryl methyl sites for hydroxylation is 2. The molecule has 150 valence electrons. The van der Waals surface area contributed by atoms with Crippen molar-refractivity contribution < 1.29 is 13.2 Å². The highest BCUT2D eigenvalue weighted by Crippen LogP contribution is 2.45. The normalized spacial score (nSPS) is 17.0. The first-order valence-corrected chi connectivity index (χ1v) is 9.52. The molecule has 0 amide bonds. The minimum Gasteiger partial charge on any atom is -0.344 e. The van der Waals surface area contributed by atoms with E-state index in [4.69, 9.17) is 11.6 Å². The van der Waals surface area contributed by atoms with E-state index >= 15 is 0 Å². The number of rotatable bonds is 0. The van der Waals surface area contributed by atoms with Crippen LogP contribution >= 0.6 is 11.6 Å². The zero-order valence-electron chi connectivity index (χ0n) is 15.5. The van der Waals surface area contributed by atoms with E-state index in [1.807, 2.05) is 24.3 Å². The maximum atomic E-state index is 13.8. The summed E-state index contributed by atoms with van der Waals surface area (Å²) in [7, 11) is 0. The molecule has 3 heterocycles. The molecule has 4 nitrogen and oxygen atoms in total. The molecule has 4 rings (SSSR count). The molecule has 0 saturated carbocycles. The van der Waals surface area contributed by atoms with Gasteiger partial charge in [0.05, 0.1) is 17.0 Å². The Morgan fingerprint density at radius 1 is 0.966 bits per heavy atom. The lowest BCUT2D eigenvalue weighted by molar-refractivity contribution is -0.0694. The van der Waals surface area contributed by atoms with Crippen LogP contribution in [0.25, 0.3) is 17.0 Å². The van der Waals surface area contributed by atoms with Crippen LogP contribution < -0.4 is 10.6 Å². The summed E-state index contributed by atoms with van der Waals surface area (Å²) in [6.07, 6.45) is -1.61. The van der Waals surface area contributed by atoms with Crippen molar-refractivity contribution in [1.82, 2.24) is 15.3 Å². The summed E-state index contributed by atoms with van der Waals surface area (Å²) in [5, 5.41) is 4.94. The molecule has 2 aromatic rings. The number of allylic oxidation sites excluding steroid dienone is 1. The fourth-order valence-electron chi connectivity index (χ4n) is 3.64. The Labute approximate surface area is 171 Å². The number of alkyl halides is 3. The Morgan fingerprint density at radius 2 is 1.69 bits per heavy atom. The van der Waals surface area contributed by atoms with Crippen molar-refractivity contribution in [2.75, 3.05) is 5.32 Å². The molecular formula is C21H18ClF3N4. The number of fused-ring (bicyclic) bond motifs is 5. The Balaban J connectivity index is 1.93. The molecule has 0 radical (unpaired) electrons. The first-order chi connectivity index (χ1) is 13.8. The fraction of sp³-hybridized carbons (Fsp3) is 0.238. The van der Waals surface area contributed by atoms with E-state index in [2.05, 4.69) is 33.8 Å². The van der Waals surface area contributed by atoms with Crippen LogP contribution in [0.5, 0.6) is 0 Å². The van der Waals surface area contributed by atoms with E-state index in [1.54, 1.807) is 0 Å². The van der Waals surface area contributed by atoms with Gasteiger partial charge in [0.25, 0.3) is 0 Å². The largest absolute Gasteiger partial charge is 0.420 e. The van der Waals surface area contributed by atoms with Gasteiger partial charge >= 0.3 is 6.18 Å². The highest BCUT2D eigenvalue weighted by Gasteiger charge is 2.43. The van der Waals surface area contributed by atoms with Gasteiger partial charge in [-0.15, -0.1) is 0 Å². The van der Waals surface area contributed by atoms with Gasteiger partial charge in [0.2, 0.25) is 0 Å². The topological polar surface area (TPSA) is 49.8 Å². The Bertz CT molecular complexity index is 1060. The van der Waals surface area contributed by atoms with Crippen molar-refractivity contribution in [2.24, 2.45) is 0 Å². The van der Waals surface area contributed by atoms with Crippen LogP contribution in [-0.2, 0) is 12.8 Å². The van der Waals surface area contributed by atoms with Crippen LogP contribution in [0.4, 0.5) is 19.0 Å². The summed E-state index contributed by atoms with van der Waals surface area (Å²) in [5.74, 6) is 0.479. The van der Waals surface area contributed by atoms with Crippen LogP contribution in [0.3, 0.4) is 0 Å². The standard InChI is InChI=1S/C21H18ClF3N4/c1-11-14-9-5-3-7-13(14)8-4-6-10-15-28-18-12(2)26-19(22)17(21(23,24)25)16(18)20(27-11)29-15/h3,5,7,9,26H,1-2,4,6,8,10H2,(H,27,28,29). The predicted octanol–water partition coefficient (Wildman–Crippen LogP) is 5.48. The average Bonchev–Trinajstić information content (AvgIpc) is 2.66. The molecule has 2 aliphatic rings. The van der Waals surface area contributed by atoms with Crippen molar-refractivity contribution in [3.05, 3.63) is 70.8 Å². The highest BCUT2D eigenvalue weighted by atomic mass is 35.5. The lowest BCUT2D eigenvalue weighted by atomic mass is 9.98. The molecule has 2 bridgehead atoms. The molecule has 0 aliphatic carbocycles. The number of hydrogen-bond acceptors (Lipinski definition) is 4. The highest BCUT2D eigenvalue weighted by molar-refractivity contribution is 6.34. The van der Waals surface area contributed by atoms with Gasteiger partial charge in [-0.05, 0) is 24.8 Å². The molecule has 0 fully saturated rings. The molecule has 8 heteroatoms. The van der Waals surface area contributed by atoms with Crippen molar-refractivity contribution >= 4 is 34.4 Å². The van der Waals surface area contributed by atoms with Crippen LogP contribution in [0.2, 0.25) is 0 Å². The summed E-state index contributed by atoms with van der Waals surface area (Å²) < 4.78 is 41.5. The summed E-state index contributed by atoms with van der Waals surface area (Å²) in [6, 6.07) is 7.70. The zero-order chi connectivity index (χ0) is 20.8. The monoisotopic (exact) mass is 418 g/mol. The summed E-state index contributed by atoms with van der Waals surface area (Å²) in [4.78, 5) is 8.77. The molecule has 1 aromatic heterocycles. The van der Waals surface area contributed by atoms with E-state index in [-0.39, 0.29) is 22.8 Å². The van der Waals surface area contributed by atoms with Gasteiger partial charge in [0.1, 0.15) is 22.4 Å². The number of hydrogen-bond donors (Lipinski definition) is 2. The second kappa shape index (κ2) is 7.22. The smallest absolute Gasteiger partial charge is 0.344 e. The predicted molar refractivity (Wildman–Crippen MR) is 109 cm³/mol. The summed E-state index contributed by atoms with van der Waals surface area (Å²) >= 11 is 5.93. The summed E-state index contributed by atoms with van der Waals surface area (Å²) in [5.41, 5.74) is 1.45. The minimum absolute atomic E-state index is 0.0276. The molecule has 1 aromatic carbocycles. The minimum atomic E-state index is -4.70. The number of nitrogens with zero attached hydrogens (tertiary/aromatic N) is 2. The van der Waals surface area contributed by atoms with Gasteiger partial charge in [0.15, 0.2) is 0 Å². The Kier molecular flexibility index (Phi) is 4.86. The molecule has 29 heavy (non-hydrogen) atoms. The van der Waals surface area contributed by atoms with Crippen molar-refractivity contribution in [3.8, 4) is 0 Å². The third kappa shape index (κ3) is 3.62. The summed E-state index contributed by atoms with van der Waals surface area (Å²) in [6.45, 7) is 7.84. The quantitative estimate of drug-likeness (QED) is 0.556. The first kappa shape index (κ1) is 19.5. The maximum Gasteiger partial charge on any atom is 0.420 e. The van der Waals surface area contributed by atoms with E-state index in [9.17, 15) is 13.2 Å². The third-order valence-electron chi connectivity index (χ3n) is 4.96. The number of aromatic nitrogens is 2. The van der Waals surface area contributed by atoms with Gasteiger partial charge in [-0.25, -0.2) is 9.97 Å². The van der Waals surface area contributed by atoms with Crippen LogP contribution in [0, 0.1) is 0 Å². The molecule has 0 spiro atoms. The molecule has 2 aliphatic heterocycles. The van der Waals surface area contributed by atoms with E-state index < -0.39 is 16.9 Å². The van der Waals surface area contributed by atoms with Crippen molar-refractivity contribution in [2.45, 2.75) is 31.9 Å². The van der Waals surface area contributed by atoms with Gasteiger partial charge in [-0.2, -0.15) is 13.2 Å². The SMILES string of the molecule is C=C1Nc2nc(nc3c2C(C(F)(F)F)=C(Cl)NC3=C)CCCCc2ccccc21. The molecule has 0 unspecified atom stereocenters. The van der Waals surface area contributed by atoms with E-state index in [0.717, 1.165) is 30.4 Å². The van der Waals surface area contributed by atoms with E-state index in [1.165, 1.54) is 0 Å². The average molecular weight is 419 g/mol. The van der Waals surface area contributed by atoms with Crippen LogP contribution in [-0.4, -0.2) is 16.1 Å². The molecule has 2 N–H and O–H groups in total. The maximum absolute atomic E-state index is 13.8. The van der Waals surface area contributed by atoms with Gasteiger partial charge in [-0.1, -0.05) is 49.0 Å². The molecular weight excluding hydrogens is 401 g/mol. The fourth-order valence-corrected chi connectivity index (χ4v) is 3.95. The third-order valence-corrected chi connectivity index (χ3v) is 5.25. The van der Waals surface area contributed by atoms with Crippen molar-refractivity contribution in [3.63, 3.8) is 0 Å². The lowest BCUT2D eigenvalue weighted by Crippen LogP contribution is -2.27. The van der Waals surface area contributed by atoms with Gasteiger partial charge in [-0.3, -0.25) is 0 Å². The lowest BCUT2D eigenvalue weighted by Gasteiger charge is -2.27. The van der Waals surface area contributed by atoms with Crippen LogP contribution in [0.1, 0.15) is 41.1 Å². The van der Waals surface area contributed by atoms with Crippen molar-refractivity contribution in [1.29, 1.82) is 0 Å². The van der Waals surface area contributed by atoms with Gasteiger partial charge < -0.3 is 10.6 Å². The number of nitrogens with one attached hydrogen (secondary N) is 2. The second-order valence-corrected chi connectivity index (χ2v) is 7.35. The second-order valence-electron chi connectivity index (χ2n) is 6.97. The Hall–Kier alpha value is -2.80. The molecule has 0 saturated heterocycles. The first-order valence-electron chi connectivity index (χ1n) is 9.14. The number of benzene rings is 1. The van der Waals surface area contributed by atoms with Gasteiger partial charge in [0, 0.05) is 17.7 Å². The Morgan fingerprint density at radius 3 is 2.45 bits per heavy atom.